The first-order chi connectivity index (χ1) is 15.1. The maximum Gasteiger partial charge on any atom is 0.234 e. The third-order valence-electron chi connectivity index (χ3n) is 5.72. The van der Waals surface area contributed by atoms with Crippen molar-refractivity contribution < 1.29 is 19.0 Å². The molecule has 0 aliphatic carbocycles. The van der Waals surface area contributed by atoms with Gasteiger partial charge in [-0.2, -0.15) is 0 Å². The molecule has 31 heavy (non-hydrogen) atoms. The Kier molecular flexibility index (Phi) is 7.48. The van der Waals surface area contributed by atoms with E-state index in [0.717, 1.165) is 49.6 Å². The Labute approximate surface area is 188 Å². The molecule has 2 unspecified atom stereocenters. The number of hydrogen-bond acceptors (Lipinski definition) is 6. The molecule has 0 saturated carbocycles. The van der Waals surface area contributed by atoms with Gasteiger partial charge in [-0.05, 0) is 47.9 Å². The van der Waals surface area contributed by atoms with Gasteiger partial charge in [0.2, 0.25) is 5.91 Å². The van der Waals surface area contributed by atoms with Crippen LogP contribution in [0.2, 0.25) is 0 Å². The first kappa shape index (κ1) is 22.1. The van der Waals surface area contributed by atoms with Gasteiger partial charge in [-0.1, -0.05) is 26.0 Å². The highest BCUT2D eigenvalue weighted by Gasteiger charge is 2.25. The Morgan fingerprint density at radius 1 is 1.19 bits per heavy atom. The van der Waals surface area contributed by atoms with Crippen LogP contribution in [0.4, 0.5) is 0 Å². The van der Waals surface area contributed by atoms with Gasteiger partial charge >= 0.3 is 0 Å². The SMILES string of the molecule is CC(C)C(NC(=O)CN(Cc1cccs1)CC1CCCO1)c1ccc2c(c1)OCCO2. The zero-order valence-corrected chi connectivity index (χ0v) is 19.2. The van der Waals surface area contributed by atoms with E-state index in [1.807, 2.05) is 18.2 Å². The molecule has 0 bridgehead atoms. The number of amides is 1. The molecule has 7 heteroatoms. The van der Waals surface area contributed by atoms with Crippen molar-refractivity contribution in [1.82, 2.24) is 10.2 Å². The molecule has 1 aromatic carbocycles. The standard InChI is InChI=1S/C24H32N2O4S/c1-17(2)24(18-7-8-21-22(13-18)30-11-10-29-21)25-23(27)16-26(14-19-5-3-9-28-19)15-20-6-4-12-31-20/h4,6-8,12-13,17,19,24H,3,5,9-11,14-16H2,1-2H3,(H,25,27). The van der Waals surface area contributed by atoms with Crippen molar-refractivity contribution in [1.29, 1.82) is 0 Å². The summed E-state index contributed by atoms with van der Waals surface area (Å²) in [6.07, 6.45) is 2.38. The highest BCUT2D eigenvalue weighted by atomic mass is 32.1. The van der Waals surface area contributed by atoms with E-state index in [2.05, 4.69) is 41.6 Å². The van der Waals surface area contributed by atoms with Gasteiger partial charge in [0, 0.05) is 24.6 Å². The lowest BCUT2D eigenvalue weighted by atomic mass is 9.95. The fourth-order valence-corrected chi connectivity index (χ4v) is 4.94. The van der Waals surface area contributed by atoms with E-state index < -0.39 is 0 Å². The van der Waals surface area contributed by atoms with Crippen LogP contribution in [0.3, 0.4) is 0 Å². The van der Waals surface area contributed by atoms with Crippen molar-refractivity contribution >= 4 is 17.2 Å². The highest BCUT2D eigenvalue weighted by Crippen LogP contribution is 2.34. The van der Waals surface area contributed by atoms with Crippen molar-refractivity contribution in [3.63, 3.8) is 0 Å². The molecule has 1 fully saturated rings. The lowest BCUT2D eigenvalue weighted by Gasteiger charge is -2.28. The number of nitrogens with zero attached hydrogens (tertiary/aromatic N) is 1. The Hall–Kier alpha value is -2.09. The van der Waals surface area contributed by atoms with Crippen LogP contribution in [0.25, 0.3) is 0 Å². The fraction of sp³-hybridized carbons (Fsp3) is 0.542. The van der Waals surface area contributed by atoms with E-state index in [-0.39, 0.29) is 24.0 Å². The zero-order valence-electron chi connectivity index (χ0n) is 18.3. The van der Waals surface area contributed by atoms with E-state index in [0.29, 0.717) is 19.8 Å². The monoisotopic (exact) mass is 444 g/mol. The molecule has 3 heterocycles. The van der Waals surface area contributed by atoms with Crippen LogP contribution in [-0.2, 0) is 16.1 Å². The Balaban J connectivity index is 1.42. The number of nitrogens with one attached hydrogen (secondary N) is 1. The topological polar surface area (TPSA) is 60.0 Å². The molecule has 168 valence electrons. The molecule has 2 aliphatic heterocycles. The first-order valence-electron chi connectivity index (χ1n) is 11.1. The number of fused-ring (bicyclic) bond motifs is 1. The normalized spacial score (nSPS) is 19.0. The number of rotatable bonds is 9. The summed E-state index contributed by atoms with van der Waals surface area (Å²) in [4.78, 5) is 16.6. The number of ether oxygens (including phenoxy) is 3. The van der Waals surface area contributed by atoms with Gasteiger partial charge in [-0.25, -0.2) is 0 Å². The van der Waals surface area contributed by atoms with Gasteiger partial charge in [0.25, 0.3) is 0 Å². The van der Waals surface area contributed by atoms with Crippen molar-refractivity contribution in [3.05, 3.63) is 46.2 Å². The minimum absolute atomic E-state index is 0.0307. The van der Waals surface area contributed by atoms with Gasteiger partial charge in [0.1, 0.15) is 13.2 Å². The fourth-order valence-electron chi connectivity index (χ4n) is 4.19. The smallest absolute Gasteiger partial charge is 0.234 e. The molecule has 1 saturated heterocycles. The largest absolute Gasteiger partial charge is 0.486 e. The summed E-state index contributed by atoms with van der Waals surface area (Å²) in [6, 6.07) is 10.0. The average Bonchev–Trinajstić information content (AvgIpc) is 3.46. The Bertz CT molecular complexity index is 849. The second kappa shape index (κ2) is 10.5. The summed E-state index contributed by atoms with van der Waals surface area (Å²) in [7, 11) is 0. The second-order valence-electron chi connectivity index (χ2n) is 8.58. The second-order valence-corrected chi connectivity index (χ2v) is 9.61. The molecule has 2 atom stereocenters. The summed E-state index contributed by atoms with van der Waals surface area (Å²) < 4.78 is 17.2. The molecular weight excluding hydrogens is 412 g/mol. The van der Waals surface area contributed by atoms with Crippen LogP contribution in [0.15, 0.2) is 35.7 Å². The summed E-state index contributed by atoms with van der Waals surface area (Å²) in [5, 5.41) is 5.34. The van der Waals surface area contributed by atoms with Crippen molar-refractivity contribution in [2.45, 2.75) is 45.4 Å². The molecule has 4 rings (SSSR count). The summed E-state index contributed by atoms with van der Waals surface area (Å²) in [5.41, 5.74) is 1.04. The summed E-state index contributed by atoms with van der Waals surface area (Å²) in [6.45, 7) is 8.09. The molecule has 2 aromatic rings. The van der Waals surface area contributed by atoms with Gasteiger partial charge in [0.05, 0.1) is 18.7 Å². The molecule has 1 amide bonds. The van der Waals surface area contributed by atoms with E-state index in [1.165, 1.54) is 4.88 Å². The molecule has 1 N–H and O–H groups in total. The maximum absolute atomic E-state index is 13.1. The quantitative estimate of drug-likeness (QED) is 0.633. The Morgan fingerprint density at radius 3 is 2.74 bits per heavy atom. The number of carbonyl (C=O) groups is 1. The van der Waals surface area contributed by atoms with Crippen LogP contribution in [0, 0.1) is 5.92 Å². The van der Waals surface area contributed by atoms with Crippen molar-refractivity contribution in [2.75, 3.05) is 32.9 Å². The van der Waals surface area contributed by atoms with Crippen molar-refractivity contribution in [2.24, 2.45) is 5.92 Å². The first-order valence-corrected chi connectivity index (χ1v) is 12.0. The lowest BCUT2D eigenvalue weighted by Crippen LogP contribution is -2.42. The number of carbonyl (C=O) groups excluding carboxylic acids is 1. The number of hydrogen-bond donors (Lipinski definition) is 1. The van der Waals surface area contributed by atoms with Gasteiger partial charge in [-0.15, -0.1) is 11.3 Å². The predicted molar refractivity (Wildman–Crippen MR) is 122 cm³/mol. The number of benzene rings is 1. The molecule has 2 aliphatic rings. The van der Waals surface area contributed by atoms with Crippen molar-refractivity contribution in [3.8, 4) is 11.5 Å². The molecule has 0 spiro atoms. The number of thiophene rings is 1. The van der Waals surface area contributed by atoms with E-state index in [4.69, 9.17) is 14.2 Å². The van der Waals surface area contributed by atoms with Crippen LogP contribution in [0.1, 0.15) is 43.2 Å². The van der Waals surface area contributed by atoms with E-state index in [1.54, 1.807) is 11.3 Å². The van der Waals surface area contributed by atoms with Gasteiger partial charge < -0.3 is 19.5 Å². The van der Waals surface area contributed by atoms with Crippen LogP contribution >= 0.6 is 11.3 Å². The molecular formula is C24H32N2O4S. The zero-order chi connectivity index (χ0) is 21.6. The Morgan fingerprint density at radius 2 is 2.03 bits per heavy atom. The third kappa shape index (κ3) is 5.99. The lowest BCUT2D eigenvalue weighted by molar-refractivity contribution is -0.123. The van der Waals surface area contributed by atoms with E-state index >= 15 is 0 Å². The summed E-state index contributed by atoms with van der Waals surface area (Å²) in [5.74, 6) is 1.79. The minimum atomic E-state index is -0.0883. The minimum Gasteiger partial charge on any atom is -0.486 e. The highest BCUT2D eigenvalue weighted by molar-refractivity contribution is 7.09. The molecule has 0 radical (unpaired) electrons. The van der Waals surface area contributed by atoms with E-state index in [9.17, 15) is 4.79 Å². The van der Waals surface area contributed by atoms with Crippen LogP contribution < -0.4 is 14.8 Å². The van der Waals surface area contributed by atoms with Crippen LogP contribution in [-0.4, -0.2) is 49.8 Å². The van der Waals surface area contributed by atoms with Gasteiger partial charge in [0.15, 0.2) is 11.5 Å². The van der Waals surface area contributed by atoms with Crippen LogP contribution in [0.5, 0.6) is 11.5 Å². The van der Waals surface area contributed by atoms with Gasteiger partial charge in [-0.3, -0.25) is 9.69 Å². The third-order valence-corrected chi connectivity index (χ3v) is 6.58. The predicted octanol–water partition coefficient (Wildman–Crippen LogP) is 4.01. The molecule has 1 aromatic heterocycles. The average molecular weight is 445 g/mol. The summed E-state index contributed by atoms with van der Waals surface area (Å²) >= 11 is 1.73. The molecule has 6 nitrogen and oxygen atoms in total. The maximum atomic E-state index is 13.1.